The highest BCUT2D eigenvalue weighted by Crippen LogP contribution is 2.27. The van der Waals surface area contributed by atoms with Crippen molar-refractivity contribution in [2.45, 2.75) is 6.54 Å². The van der Waals surface area contributed by atoms with Gasteiger partial charge in [-0.25, -0.2) is 0 Å². The zero-order valence-corrected chi connectivity index (χ0v) is 16.1. The van der Waals surface area contributed by atoms with Gasteiger partial charge >= 0.3 is 0 Å². The molecule has 0 fully saturated rings. The second-order valence-corrected chi connectivity index (χ2v) is 6.15. The number of carbonyl (C=O) groups excluding carboxylic acids is 1. The van der Waals surface area contributed by atoms with E-state index < -0.39 is 0 Å². The number of nitriles is 1. The average Bonchev–Trinajstić information content (AvgIpc) is 2.78. The lowest BCUT2D eigenvalue weighted by Gasteiger charge is -2.11. The molecule has 1 heterocycles. The third-order valence-corrected chi connectivity index (χ3v) is 4.20. The Labute approximate surface area is 168 Å². The summed E-state index contributed by atoms with van der Waals surface area (Å²) in [5, 5.41) is 14.9. The molecule has 3 rings (SSSR count). The molecule has 0 spiro atoms. The van der Waals surface area contributed by atoms with Gasteiger partial charge in [0.15, 0.2) is 11.5 Å². The first-order chi connectivity index (χ1) is 14.1. The number of hydrogen-bond donors (Lipinski definition) is 2. The first-order valence-corrected chi connectivity index (χ1v) is 8.84. The second kappa shape index (κ2) is 9.24. The molecule has 29 heavy (non-hydrogen) atoms. The lowest BCUT2D eigenvalue weighted by molar-refractivity contribution is 0.0950. The molecule has 0 saturated heterocycles. The Balaban J connectivity index is 1.65. The summed E-state index contributed by atoms with van der Waals surface area (Å²) in [5.41, 5.74) is 3.37. The van der Waals surface area contributed by atoms with E-state index in [0.717, 1.165) is 11.3 Å². The van der Waals surface area contributed by atoms with E-state index in [9.17, 15) is 4.79 Å². The lowest BCUT2D eigenvalue weighted by atomic mass is 10.2. The molecule has 1 aromatic heterocycles. The van der Waals surface area contributed by atoms with E-state index in [1.807, 2.05) is 12.1 Å². The summed E-state index contributed by atoms with van der Waals surface area (Å²) < 4.78 is 10.5. The number of aromatic nitrogens is 1. The molecule has 2 aromatic carbocycles. The van der Waals surface area contributed by atoms with Crippen LogP contribution in [0.25, 0.3) is 0 Å². The minimum atomic E-state index is -0.240. The average molecular weight is 388 g/mol. The van der Waals surface area contributed by atoms with Crippen molar-refractivity contribution in [2.75, 3.05) is 19.5 Å². The maximum atomic E-state index is 12.5. The van der Waals surface area contributed by atoms with Crippen LogP contribution in [0.1, 0.15) is 21.5 Å². The number of methoxy groups -OCH3 is 2. The van der Waals surface area contributed by atoms with E-state index in [0.29, 0.717) is 34.9 Å². The number of pyridine rings is 1. The lowest BCUT2D eigenvalue weighted by Crippen LogP contribution is -2.23. The summed E-state index contributed by atoms with van der Waals surface area (Å²) in [6.07, 6.45) is 3.14. The number of nitrogens with one attached hydrogen (secondary N) is 2. The summed E-state index contributed by atoms with van der Waals surface area (Å²) in [4.78, 5) is 16.6. The zero-order chi connectivity index (χ0) is 20.6. The van der Waals surface area contributed by atoms with Gasteiger partial charge in [-0.05, 0) is 48.0 Å². The van der Waals surface area contributed by atoms with Crippen LogP contribution in [0.15, 0.2) is 60.9 Å². The Bertz CT molecular complexity index is 1040. The fourth-order valence-electron chi connectivity index (χ4n) is 2.70. The molecule has 0 radical (unpaired) electrons. The van der Waals surface area contributed by atoms with E-state index in [1.165, 1.54) is 6.20 Å². The minimum Gasteiger partial charge on any atom is -0.493 e. The van der Waals surface area contributed by atoms with Crippen molar-refractivity contribution >= 4 is 17.3 Å². The SMILES string of the molecule is COc1ccc(CNC(=O)c2cncc(Nc3ccc(C#N)cc3)c2)cc1OC. The van der Waals surface area contributed by atoms with Gasteiger partial charge in [0.05, 0.1) is 43.3 Å². The van der Waals surface area contributed by atoms with E-state index in [1.54, 1.807) is 56.8 Å². The summed E-state index contributed by atoms with van der Waals surface area (Å²) in [6, 6.07) is 16.3. The smallest absolute Gasteiger partial charge is 0.253 e. The van der Waals surface area contributed by atoms with Crippen molar-refractivity contribution in [1.29, 1.82) is 5.26 Å². The van der Waals surface area contributed by atoms with Crippen molar-refractivity contribution in [3.05, 3.63) is 77.6 Å². The Kier molecular flexibility index (Phi) is 6.28. The Morgan fingerprint density at radius 2 is 1.76 bits per heavy atom. The van der Waals surface area contributed by atoms with Gasteiger partial charge in [-0.3, -0.25) is 9.78 Å². The van der Waals surface area contributed by atoms with Gasteiger partial charge < -0.3 is 20.1 Å². The van der Waals surface area contributed by atoms with Crippen molar-refractivity contribution in [3.8, 4) is 17.6 Å². The Morgan fingerprint density at radius 1 is 1.00 bits per heavy atom. The summed E-state index contributed by atoms with van der Waals surface area (Å²) in [6.45, 7) is 0.340. The summed E-state index contributed by atoms with van der Waals surface area (Å²) >= 11 is 0. The molecule has 2 N–H and O–H groups in total. The van der Waals surface area contributed by atoms with Crippen LogP contribution in [0.5, 0.6) is 11.5 Å². The minimum absolute atomic E-state index is 0.240. The molecular formula is C22H20N4O3. The van der Waals surface area contributed by atoms with Crippen LogP contribution in [0.2, 0.25) is 0 Å². The number of anilines is 2. The van der Waals surface area contributed by atoms with E-state index >= 15 is 0 Å². The molecule has 7 heteroatoms. The van der Waals surface area contributed by atoms with Gasteiger partial charge in [0.2, 0.25) is 0 Å². The highest BCUT2D eigenvalue weighted by molar-refractivity contribution is 5.94. The van der Waals surface area contributed by atoms with Crippen LogP contribution in [-0.2, 0) is 6.54 Å². The van der Waals surface area contributed by atoms with E-state index in [4.69, 9.17) is 14.7 Å². The molecular weight excluding hydrogens is 368 g/mol. The van der Waals surface area contributed by atoms with Crippen LogP contribution >= 0.6 is 0 Å². The number of hydrogen-bond acceptors (Lipinski definition) is 6. The highest BCUT2D eigenvalue weighted by atomic mass is 16.5. The molecule has 0 saturated carbocycles. The van der Waals surface area contributed by atoms with Crippen molar-refractivity contribution in [1.82, 2.24) is 10.3 Å². The highest BCUT2D eigenvalue weighted by Gasteiger charge is 2.09. The number of rotatable bonds is 7. The normalized spacial score (nSPS) is 9.97. The molecule has 0 unspecified atom stereocenters. The topological polar surface area (TPSA) is 96.3 Å². The molecule has 0 atom stereocenters. The quantitative estimate of drug-likeness (QED) is 0.641. The monoisotopic (exact) mass is 388 g/mol. The number of benzene rings is 2. The van der Waals surface area contributed by atoms with Crippen LogP contribution in [0.3, 0.4) is 0 Å². The number of ether oxygens (including phenoxy) is 2. The van der Waals surface area contributed by atoms with Gasteiger partial charge in [-0.15, -0.1) is 0 Å². The van der Waals surface area contributed by atoms with E-state index in [2.05, 4.69) is 21.7 Å². The molecule has 0 aliphatic carbocycles. The first-order valence-electron chi connectivity index (χ1n) is 8.84. The summed E-state index contributed by atoms with van der Waals surface area (Å²) in [7, 11) is 3.14. The first kappa shape index (κ1) is 19.7. The molecule has 0 bridgehead atoms. The number of carbonyl (C=O) groups is 1. The predicted octanol–water partition coefficient (Wildman–Crippen LogP) is 3.64. The van der Waals surface area contributed by atoms with Gasteiger partial charge in [-0.1, -0.05) is 6.07 Å². The van der Waals surface area contributed by atoms with Gasteiger partial charge in [0, 0.05) is 18.4 Å². The fourth-order valence-corrected chi connectivity index (χ4v) is 2.70. The molecule has 1 amide bonds. The van der Waals surface area contributed by atoms with Crippen molar-refractivity contribution in [2.24, 2.45) is 0 Å². The van der Waals surface area contributed by atoms with Gasteiger partial charge in [0.1, 0.15) is 0 Å². The molecule has 7 nitrogen and oxygen atoms in total. The van der Waals surface area contributed by atoms with Gasteiger partial charge in [-0.2, -0.15) is 5.26 Å². The van der Waals surface area contributed by atoms with Crippen LogP contribution in [0.4, 0.5) is 11.4 Å². The summed E-state index contributed by atoms with van der Waals surface area (Å²) in [5.74, 6) is 0.999. The molecule has 0 aliphatic rings. The third kappa shape index (κ3) is 5.02. The molecule has 0 aliphatic heterocycles. The second-order valence-electron chi connectivity index (χ2n) is 6.15. The standard InChI is InChI=1S/C22H20N4O3/c1-28-20-8-5-16(9-21(20)29-2)12-25-22(27)17-10-19(14-24-13-17)26-18-6-3-15(11-23)4-7-18/h3-10,13-14,26H,12H2,1-2H3,(H,25,27). The van der Waals surface area contributed by atoms with Crippen LogP contribution in [-0.4, -0.2) is 25.1 Å². The van der Waals surface area contributed by atoms with Crippen LogP contribution in [0, 0.1) is 11.3 Å². The Hall–Kier alpha value is -4.05. The molecule has 146 valence electrons. The van der Waals surface area contributed by atoms with Gasteiger partial charge in [0.25, 0.3) is 5.91 Å². The van der Waals surface area contributed by atoms with Crippen LogP contribution < -0.4 is 20.1 Å². The van der Waals surface area contributed by atoms with Crippen molar-refractivity contribution < 1.29 is 14.3 Å². The maximum absolute atomic E-state index is 12.5. The Morgan fingerprint density at radius 3 is 2.45 bits per heavy atom. The maximum Gasteiger partial charge on any atom is 0.253 e. The fraction of sp³-hybridized carbons (Fsp3) is 0.136. The van der Waals surface area contributed by atoms with E-state index in [-0.39, 0.29) is 5.91 Å². The number of amides is 1. The zero-order valence-electron chi connectivity index (χ0n) is 16.1. The number of nitrogens with zero attached hydrogens (tertiary/aromatic N) is 2. The largest absolute Gasteiger partial charge is 0.493 e. The molecule has 3 aromatic rings. The third-order valence-electron chi connectivity index (χ3n) is 4.20. The predicted molar refractivity (Wildman–Crippen MR) is 109 cm³/mol. The van der Waals surface area contributed by atoms with Crippen molar-refractivity contribution in [3.63, 3.8) is 0 Å².